The minimum absolute atomic E-state index is 0.0646. The van der Waals surface area contributed by atoms with Gasteiger partial charge in [-0.3, -0.25) is 9.59 Å². The number of hydrogen-bond donors (Lipinski definition) is 5. The van der Waals surface area contributed by atoms with Crippen LogP contribution in [0.5, 0.6) is 0 Å². The van der Waals surface area contributed by atoms with Crippen LogP contribution in [0.2, 0.25) is 0 Å². The Morgan fingerprint density at radius 1 is 1.21 bits per heavy atom. The molecule has 1 aromatic carbocycles. The van der Waals surface area contributed by atoms with E-state index in [4.69, 9.17) is 10.8 Å². The number of nitrogens with one attached hydrogen (secondary N) is 2. The van der Waals surface area contributed by atoms with E-state index in [0.29, 0.717) is 0 Å². The van der Waals surface area contributed by atoms with Crippen LogP contribution in [0.4, 0.5) is 13.2 Å². The number of nitrogens with two attached hydrogens (primary N) is 1. The number of carbonyl (C=O) groups excluding carboxylic acids is 1. The molecule has 8 nitrogen and oxygen atoms in total. The van der Waals surface area contributed by atoms with E-state index in [1.54, 1.807) is 0 Å². The van der Waals surface area contributed by atoms with Gasteiger partial charge in [0.05, 0.1) is 11.6 Å². The Hall–Kier alpha value is -3.08. The minimum Gasteiger partial charge on any atom is -0.481 e. The Morgan fingerprint density at radius 3 is 2.46 bits per heavy atom. The first-order chi connectivity index (χ1) is 13.0. The highest BCUT2D eigenvalue weighted by atomic mass is 19.4. The number of aliphatic carboxylic acids is 2. The van der Waals surface area contributed by atoms with Crippen LogP contribution in [0.3, 0.4) is 0 Å². The summed E-state index contributed by atoms with van der Waals surface area (Å²) in [6, 6.07) is 0.735. The zero-order valence-corrected chi connectivity index (χ0v) is 14.4. The number of aromatic nitrogens is 1. The molecule has 28 heavy (non-hydrogen) atoms. The maximum atomic E-state index is 13.3. The standard InChI is InChI=1S/C17H18F3N3O5/c18-17(19,20)9-2-1-3-11-14(9)8(7-22-11)6-12(16(27)28)23-15(26)10(21)4-5-13(24)25/h1-3,7,10,12,22H,4-6,21H2,(H,23,26)(H,24,25)(H,27,28)/t10?,12-/m0/s1. The molecule has 1 amide bonds. The Morgan fingerprint density at radius 2 is 1.89 bits per heavy atom. The number of alkyl halides is 3. The van der Waals surface area contributed by atoms with E-state index in [0.717, 1.165) is 6.07 Å². The minimum atomic E-state index is -4.64. The molecule has 0 bridgehead atoms. The van der Waals surface area contributed by atoms with Gasteiger partial charge < -0.3 is 26.2 Å². The fourth-order valence-electron chi connectivity index (χ4n) is 2.76. The van der Waals surface area contributed by atoms with Gasteiger partial charge in [-0.15, -0.1) is 0 Å². The Kier molecular flexibility index (Phi) is 6.29. The second-order valence-electron chi connectivity index (χ2n) is 6.18. The SMILES string of the molecule is NC(CCC(=O)O)C(=O)N[C@@H](Cc1c[nH]c2cccc(C(F)(F)F)c12)C(=O)O. The summed E-state index contributed by atoms with van der Waals surface area (Å²) in [5, 5.41) is 19.9. The normalized spacial score (nSPS) is 13.9. The van der Waals surface area contributed by atoms with Crippen molar-refractivity contribution in [3.8, 4) is 0 Å². The monoisotopic (exact) mass is 401 g/mol. The van der Waals surface area contributed by atoms with Crippen LogP contribution in [-0.4, -0.2) is 45.1 Å². The molecule has 0 aliphatic rings. The average molecular weight is 401 g/mol. The third kappa shape index (κ3) is 5.00. The number of carboxylic acid groups (broad SMARTS) is 2. The van der Waals surface area contributed by atoms with Crippen LogP contribution in [0.1, 0.15) is 24.0 Å². The van der Waals surface area contributed by atoms with Crippen molar-refractivity contribution in [1.82, 2.24) is 10.3 Å². The van der Waals surface area contributed by atoms with Crippen molar-refractivity contribution in [3.63, 3.8) is 0 Å². The van der Waals surface area contributed by atoms with E-state index in [2.05, 4.69) is 10.3 Å². The predicted octanol–water partition coefficient (Wildman–Crippen LogP) is 1.49. The molecule has 0 aliphatic carbocycles. The van der Waals surface area contributed by atoms with Gasteiger partial charge in [-0.25, -0.2) is 4.79 Å². The summed E-state index contributed by atoms with van der Waals surface area (Å²) >= 11 is 0. The van der Waals surface area contributed by atoms with Gasteiger partial charge >= 0.3 is 18.1 Å². The van der Waals surface area contributed by atoms with Gasteiger partial charge in [0.15, 0.2) is 0 Å². The molecule has 0 saturated carbocycles. The Bertz CT molecular complexity index is 894. The number of rotatable bonds is 8. The number of amides is 1. The van der Waals surface area contributed by atoms with Gasteiger partial charge in [-0.1, -0.05) is 6.07 Å². The molecular weight excluding hydrogens is 383 g/mol. The molecule has 0 saturated heterocycles. The third-order valence-electron chi connectivity index (χ3n) is 4.14. The number of fused-ring (bicyclic) bond motifs is 1. The summed E-state index contributed by atoms with van der Waals surface area (Å²) < 4.78 is 39.8. The molecule has 0 aliphatic heterocycles. The molecule has 2 aromatic rings. The van der Waals surface area contributed by atoms with Crippen molar-refractivity contribution < 1.29 is 37.8 Å². The van der Waals surface area contributed by atoms with Crippen molar-refractivity contribution in [1.29, 1.82) is 0 Å². The highest BCUT2D eigenvalue weighted by molar-refractivity contribution is 5.90. The first-order valence-corrected chi connectivity index (χ1v) is 8.17. The molecule has 2 atom stereocenters. The topological polar surface area (TPSA) is 146 Å². The van der Waals surface area contributed by atoms with E-state index >= 15 is 0 Å². The zero-order valence-electron chi connectivity index (χ0n) is 14.4. The fraction of sp³-hybridized carbons (Fsp3) is 0.353. The van der Waals surface area contributed by atoms with Gasteiger partial charge in [-0.05, 0) is 24.1 Å². The van der Waals surface area contributed by atoms with Gasteiger partial charge in [-0.2, -0.15) is 13.2 Å². The van der Waals surface area contributed by atoms with Gasteiger partial charge in [0.25, 0.3) is 0 Å². The molecule has 2 rings (SSSR count). The van der Waals surface area contributed by atoms with Crippen molar-refractivity contribution in [3.05, 3.63) is 35.5 Å². The van der Waals surface area contributed by atoms with Crippen molar-refractivity contribution >= 4 is 28.7 Å². The van der Waals surface area contributed by atoms with Crippen molar-refractivity contribution in [2.75, 3.05) is 0 Å². The number of H-pyrrole nitrogens is 1. The molecule has 0 radical (unpaired) electrons. The maximum absolute atomic E-state index is 13.3. The van der Waals surface area contributed by atoms with E-state index in [9.17, 15) is 32.7 Å². The molecule has 0 fully saturated rings. The van der Waals surface area contributed by atoms with E-state index in [-0.39, 0.29) is 29.3 Å². The number of carboxylic acids is 2. The van der Waals surface area contributed by atoms with Gasteiger partial charge in [0.2, 0.25) is 5.91 Å². The van der Waals surface area contributed by atoms with Crippen molar-refractivity contribution in [2.45, 2.75) is 37.5 Å². The number of halogens is 3. The smallest absolute Gasteiger partial charge is 0.417 e. The molecule has 152 valence electrons. The molecule has 1 aromatic heterocycles. The van der Waals surface area contributed by atoms with E-state index < -0.39 is 48.1 Å². The largest absolute Gasteiger partial charge is 0.481 e. The molecule has 6 N–H and O–H groups in total. The number of hydrogen-bond acceptors (Lipinski definition) is 4. The third-order valence-corrected chi connectivity index (χ3v) is 4.14. The number of aromatic amines is 1. The fourth-order valence-corrected chi connectivity index (χ4v) is 2.76. The highest BCUT2D eigenvalue weighted by Crippen LogP contribution is 2.36. The maximum Gasteiger partial charge on any atom is 0.417 e. The predicted molar refractivity (Wildman–Crippen MR) is 91.4 cm³/mol. The Labute approximate surface area is 156 Å². The molecular formula is C17H18F3N3O5. The van der Waals surface area contributed by atoms with Crippen LogP contribution in [0.15, 0.2) is 24.4 Å². The molecule has 1 unspecified atom stereocenters. The zero-order chi connectivity index (χ0) is 21.1. The van der Waals surface area contributed by atoms with Crippen LogP contribution in [0.25, 0.3) is 10.9 Å². The molecule has 0 spiro atoms. The van der Waals surface area contributed by atoms with Crippen molar-refractivity contribution in [2.24, 2.45) is 5.73 Å². The van der Waals surface area contributed by atoms with Crippen LogP contribution in [-0.2, 0) is 27.0 Å². The van der Waals surface area contributed by atoms with Gasteiger partial charge in [0, 0.05) is 29.9 Å². The Balaban J connectivity index is 2.25. The van der Waals surface area contributed by atoms with Crippen LogP contribution < -0.4 is 11.1 Å². The first kappa shape index (κ1) is 21.2. The summed E-state index contributed by atoms with van der Waals surface area (Å²) in [6.45, 7) is 0. The second-order valence-corrected chi connectivity index (χ2v) is 6.18. The first-order valence-electron chi connectivity index (χ1n) is 8.17. The lowest BCUT2D eigenvalue weighted by atomic mass is 10.00. The van der Waals surface area contributed by atoms with Crippen LogP contribution in [0, 0.1) is 0 Å². The quantitative estimate of drug-likeness (QED) is 0.453. The molecule has 11 heteroatoms. The van der Waals surface area contributed by atoms with Gasteiger partial charge in [0.1, 0.15) is 6.04 Å². The van der Waals surface area contributed by atoms with Crippen LogP contribution >= 0.6 is 0 Å². The average Bonchev–Trinajstić information content (AvgIpc) is 3.00. The number of carbonyl (C=O) groups is 3. The summed E-state index contributed by atoms with van der Waals surface area (Å²) in [4.78, 5) is 36.7. The van der Waals surface area contributed by atoms with E-state index in [1.807, 2.05) is 0 Å². The number of benzene rings is 1. The summed E-state index contributed by atoms with van der Waals surface area (Å²) in [6.07, 6.45) is -4.40. The highest BCUT2D eigenvalue weighted by Gasteiger charge is 2.34. The molecule has 1 heterocycles. The lowest BCUT2D eigenvalue weighted by Gasteiger charge is -2.18. The summed E-state index contributed by atoms with van der Waals surface area (Å²) in [7, 11) is 0. The second kappa shape index (κ2) is 8.30. The lowest BCUT2D eigenvalue weighted by Crippen LogP contribution is -2.49. The lowest BCUT2D eigenvalue weighted by molar-refractivity contribution is -0.142. The summed E-state index contributed by atoms with van der Waals surface area (Å²) in [5.74, 6) is -3.53. The summed E-state index contributed by atoms with van der Waals surface area (Å²) in [5.41, 5.74) is 4.86. The van der Waals surface area contributed by atoms with E-state index in [1.165, 1.54) is 18.3 Å².